The molecule has 0 spiro atoms. The van der Waals surface area contributed by atoms with E-state index in [0.717, 1.165) is 31.4 Å². The number of carbonyl (C=O) groups is 1. The molecule has 2 rings (SSSR count). The summed E-state index contributed by atoms with van der Waals surface area (Å²) in [6.07, 6.45) is 5.57. The highest BCUT2D eigenvalue weighted by atomic mass is 16.5. The van der Waals surface area contributed by atoms with Crippen molar-refractivity contribution in [1.82, 2.24) is 10.3 Å². The average Bonchev–Trinajstić information content (AvgIpc) is 2.43. The fourth-order valence-corrected chi connectivity index (χ4v) is 2.47. The molecule has 1 N–H and O–H groups in total. The van der Waals surface area contributed by atoms with E-state index in [-0.39, 0.29) is 12.0 Å². The van der Waals surface area contributed by atoms with Gasteiger partial charge in [0.2, 0.25) is 5.88 Å². The van der Waals surface area contributed by atoms with Crippen molar-refractivity contribution in [3.8, 4) is 5.88 Å². The van der Waals surface area contributed by atoms with Crippen LogP contribution in [0.15, 0.2) is 18.3 Å². The standard InChI is InChI=1S/C17H26N2O2/c1-4-18-14-9-15(10-14)21-17-8-6-13(11-19-17)5-7-16(20)12(2)3/h6,8,11-12,14-15,18H,4-5,7,9-10H2,1-3H3. The molecule has 1 aromatic rings. The second kappa shape index (κ2) is 7.55. The zero-order chi connectivity index (χ0) is 15.2. The Balaban J connectivity index is 1.74. The van der Waals surface area contributed by atoms with Crippen LogP contribution in [0.2, 0.25) is 0 Å². The molecule has 1 aliphatic carbocycles. The zero-order valence-corrected chi connectivity index (χ0v) is 13.3. The number of aromatic nitrogens is 1. The second-order valence-corrected chi connectivity index (χ2v) is 6.09. The number of nitrogens with one attached hydrogen (secondary N) is 1. The van der Waals surface area contributed by atoms with Gasteiger partial charge in [0.1, 0.15) is 11.9 Å². The largest absolute Gasteiger partial charge is 0.474 e. The van der Waals surface area contributed by atoms with Gasteiger partial charge in [-0.3, -0.25) is 4.79 Å². The minimum atomic E-state index is 0.115. The van der Waals surface area contributed by atoms with Crippen LogP contribution in [-0.4, -0.2) is 29.5 Å². The molecule has 0 atom stereocenters. The summed E-state index contributed by atoms with van der Waals surface area (Å²) in [4.78, 5) is 15.9. The predicted octanol–water partition coefficient (Wildman–Crippen LogP) is 2.76. The first-order chi connectivity index (χ1) is 10.1. The van der Waals surface area contributed by atoms with Crippen molar-refractivity contribution in [2.45, 2.75) is 58.6 Å². The third-order valence-electron chi connectivity index (χ3n) is 3.98. The molecule has 0 saturated heterocycles. The molecule has 4 heteroatoms. The van der Waals surface area contributed by atoms with Gasteiger partial charge in [-0.2, -0.15) is 0 Å². The normalized spacial score (nSPS) is 21.1. The van der Waals surface area contributed by atoms with E-state index < -0.39 is 0 Å². The molecule has 0 unspecified atom stereocenters. The van der Waals surface area contributed by atoms with Gasteiger partial charge in [-0.05, 0) is 31.4 Å². The van der Waals surface area contributed by atoms with Crippen LogP contribution in [0.3, 0.4) is 0 Å². The molecule has 21 heavy (non-hydrogen) atoms. The van der Waals surface area contributed by atoms with Gasteiger partial charge in [0.25, 0.3) is 0 Å². The molecule has 0 bridgehead atoms. The van der Waals surface area contributed by atoms with Crippen molar-refractivity contribution in [1.29, 1.82) is 0 Å². The fraction of sp³-hybridized carbons (Fsp3) is 0.647. The van der Waals surface area contributed by atoms with Crippen molar-refractivity contribution in [3.63, 3.8) is 0 Å². The minimum Gasteiger partial charge on any atom is -0.474 e. The van der Waals surface area contributed by atoms with Gasteiger partial charge in [0.15, 0.2) is 0 Å². The second-order valence-electron chi connectivity index (χ2n) is 6.09. The maximum absolute atomic E-state index is 11.6. The molecular formula is C17H26N2O2. The number of hydrogen-bond donors (Lipinski definition) is 1. The Morgan fingerprint density at radius 2 is 2.19 bits per heavy atom. The Morgan fingerprint density at radius 3 is 2.76 bits per heavy atom. The maximum Gasteiger partial charge on any atom is 0.213 e. The van der Waals surface area contributed by atoms with E-state index >= 15 is 0 Å². The average molecular weight is 290 g/mol. The number of ketones is 1. The molecule has 116 valence electrons. The molecule has 1 aromatic heterocycles. The lowest BCUT2D eigenvalue weighted by Crippen LogP contribution is -2.46. The Hall–Kier alpha value is -1.42. The lowest BCUT2D eigenvalue weighted by atomic mass is 9.89. The van der Waals surface area contributed by atoms with E-state index in [2.05, 4.69) is 17.2 Å². The van der Waals surface area contributed by atoms with Crippen LogP contribution < -0.4 is 10.1 Å². The lowest BCUT2D eigenvalue weighted by Gasteiger charge is -2.35. The van der Waals surface area contributed by atoms with Gasteiger partial charge in [-0.15, -0.1) is 0 Å². The number of nitrogens with zero attached hydrogens (tertiary/aromatic N) is 1. The van der Waals surface area contributed by atoms with Crippen molar-refractivity contribution in [3.05, 3.63) is 23.9 Å². The van der Waals surface area contributed by atoms with Crippen LogP contribution in [0.5, 0.6) is 5.88 Å². The molecule has 4 nitrogen and oxygen atoms in total. The molecule has 1 heterocycles. The van der Waals surface area contributed by atoms with Gasteiger partial charge in [0, 0.05) is 30.6 Å². The molecule has 0 amide bonds. The van der Waals surface area contributed by atoms with Crippen molar-refractivity contribution < 1.29 is 9.53 Å². The Labute approximate surface area is 127 Å². The number of ether oxygens (including phenoxy) is 1. The van der Waals surface area contributed by atoms with Gasteiger partial charge >= 0.3 is 0 Å². The monoisotopic (exact) mass is 290 g/mol. The Bertz CT molecular complexity index is 450. The number of rotatable bonds is 8. The highest BCUT2D eigenvalue weighted by molar-refractivity contribution is 5.80. The summed E-state index contributed by atoms with van der Waals surface area (Å²) in [7, 11) is 0. The highest BCUT2D eigenvalue weighted by Crippen LogP contribution is 2.25. The summed E-state index contributed by atoms with van der Waals surface area (Å²) >= 11 is 0. The molecule has 0 aromatic carbocycles. The Kier molecular flexibility index (Phi) is 5.74. The first-order valence-corrected chi connectivity index (χ1v) is 7.96. The summed E-state index contributed by atoms with van der Waals surface area (Å²) in [6, 6.07) is 4.52. The van der Waals surface area contributed by atoms with Crippen molar-refractivity contribution in [2.24, 2.45) is 5.92 Å². The van der Waals surface area contributed by atoms with E-state index in [9.17, 15) is 4.79 Å². The Morgan fingerprint density at radius 1 is 1.43 bits per heavy atom. The van der Waals surface area contributed by atoms with Gasteiger partial charge in [-0.25, -0.2) is 4.98 Å². The van der Waals surface area contributed by atoms with Crippen molar-refractivity contribution in [2.75, 3.05) is 6.54 Å². The van der Waals surface area contributed by atoms with Crippen LogP contribution in [0, 0.1) is 5.92 Å². The van der Waals surface area contributed by atoms with Crippen LogP contribution in [0.4, 0.5) is 0 Å². The van der Waals surface area contributed by atoms with Crippen LogP contribution >= 0.6 is 0 Å². The summed E-state index contributed by atoms with van der Waals surface area (Å²) in [6.45, 7) is 7.02. The summed E-state index contributed by atoms with van der Waals surface area (Å²) in [5, 5.41) is 3.41. The first-order valence-electron chi connectivity index (χ1n) is 7.96. The number of Topliss-reactive ketones (excluding diaryl/α,β-unsaturated/α-hetero) is 1. The predicted molar refractivity (Wildman–Crippen MR) is 83.5 cm³/mol. The number of hydrogen-bond acceptors (Lipinski definition) is 4. The molecule has 0 aliphatic heterocycles. The van der Waals surface area contributed by atoms with Crippen molar-refractivity contribution >= 4 is 5.78 Å². The SMILES string of the molecule is CCNC1CC(Oc2ccc(CCC(=O)C(C)C)cn2)C1. The van der Waals surface area contributed by atoms with E-state index in [1.54, 1.807) is 0 Å². The molecule has 1 saturated carbocycles. The third kappa shape index (κ3) is 4.81. The van der Waals surface area contributed by atoms with Crippen LogP contribution in [0.25, 0.3) is 0 Å². The molecular weight excluding hydrogens is 264 g/mol. The number of carbonyl (C=O) groups excluding carboxylic acids is 1. The summed E-state index contributed by atoms with van der Waals surface area (Å²) < 4.78 is 5.83. The van der Waals surface area contributed by atoms with E-state index in [0.29, 0.717) is 24.1 Å². The molecule has 1 aliphatic rings. The third-order valence-corrected chi connectivity index (χ3v) is 3.98. The van der Waals surface area contributed by atoms with Gasteiger partial charge in [0.05, 0.1) is 0 Å². The quantitative estimate of drug-likeness (QED) is 0.800. The zero-order valence-electron chi connectivity index (χ0n) is 13.3. The van der Waals surface area contributed by atoms with Gasteiger partial charge in [-0.1, -0.05) is 26.8 Å². The van der Waals surface area contributed by atoms with E-state index in [1.165, 1.54) is 0 Å². The number of aryl methyl sites for hydroxylation is 1. The fourth-order valence-electron chi connectivity index (χ4n) is 2.47. The summed E-state index contributed by atoms with van der Waals surface area (Å²) in [5.41, 5.74) is 1.09. The number of pyridine rings is 1. The molecule has 1 fully saturated rings. The highest BCUT2D eigenvalue weighted by Gasteiger charge is 2.30. The first kappa shape index (κ1) is 16.0. The van der Waals surface area contributed by atoms with Gasteiger partial charge < -0.3 is 10.1 Å². The van der Waals surface area contributed by atoms with Crippen LogP contribution in [-0.2, 0) is 11.2 Å². The van der Waals surface area contributed by atoms with E-state index in [1.807, 2.05) is 32.2 Å². The lowest BCUT2D eigenvalue weighted by molar-refractivity contribution is -0.121. The maximum atomic E-state index is 11.6. The topological polar surface area (TPSA) is 51.2 Å². The smallest absolute Gasteiger partial charge is 0.213 e. The minimum absolute atomic E-state index is 0.115. The summed E-state index contributed by atoms with van der Waals surface area (Å²) in [5.74, 6) is 1.11. The molecule has 0 radical (unpaired) electrons. The van der Waals surface area contributed by atoms with E-state index in [4.69, 9.17) is 4.74 Å². The van der Waals surface area contributed by atoms with Crippen LogP contribution in [0.1, 0.15) is 45.6 Å².